The number of carbonyl (C=O) groups is 1. The van der Waals surface area contributed by atoms with Gasteiger partial charge < -0.3 is 14.4 Å². The van der Waals surface area contributed by atoms with Crippen molar-refractivity contribution in [2.24, 2.45) is 0 Å². The molecule has 0 fully saturated rings. The van der Waals surface area contributed by atoms with Crippen LogP contribution in [-0.2, 0) is 4.79 Å². The van der Waals surface area contributed by atoms with Crippen LogP contribution in [0.5, 0.6) is 11.5 Å². The van der Waals surface area contributed by atoms with Crippen LogP contribution in [0.15, 0.2) is 40.9 Å². The summed E-state index contributed by atoms with van der Waals surface area (Å²) in [4.78, 5) is 14.2. The van der Waals surface area contributed by atoms with E-state index < -0.39 is 0 Å². The molecule has 0 aromatic heterocycles. The summed E-state index contributed by atoms with van der Waals surface area (Å²) in [7, 11) is 1.79. The van der Waals surface area contributed by atoms with Gasteiger partial charge in [-0.25, -0.2) is 0 Å². The fourth-order valence-corrected chi connectivity index (χ4v) is 3.24. The van der Waals surface area contributed by atoms with E-state index in [1.54, 1.807) is 11.9 Å². The van der Waals surface area contributed by atoms with Gasteiger partial charge in [0.2, 0.25) is 0 Å². The molecule has 0 spiro atoms. The fraction of sp³-hybridized carbons (Fsp3) is 0.167. The molecule has 0 atom stereocenters. The number of fused-ring (bicyclic) bond motifs is 2. The molecule has 2 aromatic rings. The fourth-order valence-electron chi connectivity index (χ4n) is 2.88. The molecule has 2 aliphatic heterocycles. The number of ether oxygens (including phenoxy) is 2. The molecule has 23 heavy (non-hydrogen) atoms. The van der Waals surface area contributed by atoms with Crippen LogP contribution >= 0.6 is 15.9 Å². The van der Waals surface area contributed by atoms with Crippen LogP contribution in [0.25, 0.3) is 11.6 Å². The van der Waals surface area contributed by atoms with Gasteiger partial charge in [-0.1, -0.05) is 22.0 Å². The smallest absolute Gasteiger partial charge is 0.258 e. The van der Waals surface area contributed by atoms with Crippen molar-refractivity contribution in [3.05, 3.63) is 52.0 Å². The number of nitrogens with zero attached hydrogens (tertiary/aromatic N) is 1. The van der Waals surface area contributed by atoms with Crippen LogP contribution in [0.2, 0.25) is 0 Å². The molecular weight excluding hydrogens is 358 g/mol. The van der Waals surface area contributed by atoms with Gasteiger partial charge in [0.25, 0.3) is 5.91 Å². The molecule has 2 aliphatic rings. The van der Waals surface area contributed by atoms with Crippen LogP contribution in [0.3, 0.4) is 0 Å². The van der Waals surface area contributed by atoms with Crippen molar-refractivity contribution in [2.75, 3.05) is 25.2 Å². The Kier molecular flexibility index (Phi) is 3.38. The van der Waals surface area contributed by atoms with E-state index in [-0.39, 0.29) is 5.91 Å². The Hall–Kier alpha value is -2.27. The summed E-state index contributed by atoms with van der Waals surface area (Å²) >= 11 is 3.47. The zero-order valence-corrected chi connectivity index (χ0v) is 14.1. The van der Waals surface area contributed by atoms with Gasteiger partial charge >= 0.3 is 0 Å². The third-order valence-electron chi connectivity index (χ3n) is 4.02. The Morgan fingerprint density at radius 1 is 1.09 bits per heavy atom. The van der Waals surface area contributed by atoms with Crippen LogP contribution in [0.4, 0.5) is 5.69 Å². The Balaban J connectivity index is 1.80. The van der Waals surface area contributed by atoms with Crippen molar-refractivity contribution in [1.82, 2.24) is 0 Å². The van der Waals surface area contributed by atoms with E-state index in [1.807, 2.05) is 42.5 Å². The third kappa shape index (κ3) is 2.41. The minimum absolute atomic E-state index is 0.00649. The van der Waals surface area contributed by atoms with Gasteiger partial charge in [-0.15, -0.1) is 0 Å². The number of carbonyl (C=O) groups excluding carboxylic acids is 1. The molecule has 0 bridgehead atoms. The lowest BCUT2D eigenvalue weighted by molar-refractivity contribution is -0.112. The lowest BCUT2D eigenvalue weighted by atomic mass is 10.0. The van der Waals surface area contributed by atoms with Crippen molar-refractivity contribution in [3.8, 4) is 11.5 Å². The highest BCUT2D eigenvalue weighted by molar-refractivity contribution is 9.10. The number of rotatable bonds is 1. The van der Waals surface area contributed by atoms with E-state index in [2.05, 4.69) is 15.9 Å². The molecule has 116 valence electrons. The maximum absolute atomic E-state index is 12.6. The SMILES string of the molecule is CN1C(=O)C(=Cc2ccc3c(c2)OCCO3)c2cc(Br)ccc21. The van der Waals surface area contributed by atoms with Gasteiger partial charge in [-0.3, -0.25) is 4.79 Å². The standard InChI is InChI=1S/C18H14BrNO3/c1-20-15-4-3-12(19)10-13(15)14(18(20)21)8-11-2-5-16-17(9-11)23-7-6-22-16/h2-5,8-10H,6-7H2,1H3. The first kappa shape index (κ1) is 14.3. The molecule has 2 heterocycles. The van der Waals surface area contributed by atoms with Gasteiger partial charge in [0.05, 0.1) is 5.69 Å². The summed E-state index contributed by atoms with van der Waals surface area (Å²) in [5.74, 6) is 1.46. The normalized spacial score (nSPS) is 17.6. The lowest BCUT2D eigenvalue weighted by Crippen LogP contribution is -2.20. The predicted octanol–water partition coefficient (Wildman–Crippen LogP) is 3.74. The first-order chi connectivity index (χ1) is 11.1. The first-order valence-corrected chi connectivity index (χ1v) is 8.12. The summed E-state index contributed by atoms with van der Waals surface area (Å²) in [6, 6.07) is 11.6. The number of benzene rings is 2. The largest absolute Gasteiger partial charge is 0.486 e. The molecule has 0 radical (unpaired) electrons. The lowest BCUT2D eigenvalue weighted by Gasteiger charge is -2.18. The van der Waals surface area contributed by atoms with Crippen molar-refractivity contribution < 1.29 is 14.3 Å². The van der Waals surface area contributed by atoms with Crippen molar-refractivity contribution in [1.29, 1.82) is 0 Å². The Labute approximate surface area is 142 Å². The zero-order chi connectivity index (χ0) is 16.0. The van der Waals surface area contributed by atoms with Crippen LogP contribution in [0.1, 0.15) is 11.1 Å². The average molecular weight is 372 g/mol. The van der Waals surface area contributed by atoms with E-state index in [9.17, 15) is 4.79 Å². The van der Waals surface area contributed by atoms with Gasteiger partial charge in [-0.05, 0) is 42.0 Å². The number of hydrogen-bond donors (Lipinski definition) is 0. The topological polar surface area (TPSA) is 38.8 Å². The highest BCUT2D eigenvalue weighted by atomic mass is 79.9. The monoisotopic (exact) mass is 371 g/mol. The van der Waals surface area contributed by atoms with E-state index in [4.69, 9.17) is 9.47 Å². The number of hydrogen-bond acceptors (Lipinski definition) is 3. The van der Waals surface area contributed by atoms with Crippen LogP contribution in [-0.4, -0.2) is 26.2 Å². The van der Waals surface area contributed by atoms with Gasteiger partial charge in [0.1, 0.15) is 13.2 Å². The molecule has 0 saturated carbocycles. The molecular formula is C18H14BrNO3. The second-order valence-corrected chi connectivity index (χ2v) is 6.40. The highest BCUT2D eigenvalue weighted by Gasteiger charge is 2.29. The van der Waals surface area contributed by atoms with Gasteiger partial charge in [0, 0.05) is 22.7 Å². The summed E-state index contributed by atoms with van der Waals surface area (Å²) in [5, 5.41) is 0. The van der Waals surface area contributed by atoms with E-state index in [0.29, 0.717) is 18.8 Å². The van der Waals surface area contributed by atoms with Crippen molar-refractivity contribution in [2.45, 2.75) is 0 Å². The van der Waals surface area contributed by atoms with Crippen LogP contribution < -0.4 is 14.4 Å². The summed E-state index contributed by atoms with van der Waals surface area (Å²) in [5.41, 5.74) is 3.45. The zero-order valence-electron chi connectivity index (χ0n) is 12.5. The Bertz CT molecular complexity index is 844. The van der Waals surface area contributed by atoms with E-state index in [1.165, 1.54) is 0 Å². The first-order valence-electron chi connectivity index (χ1n) is 7.33. The molecule has 4 nitrogen and oxygen atoms in total. The van der Waals surface area contributed by atoms with E-state index in [0.717, 1.165) is 32.8 Å². The number of likely N-dealkylation sites (N-methyl/N-ethyl adjacent to an activating group) is 1. The maximum atomic E-state index is 12.6. The predicted molar refractivity (Wildman–Crippen MR) is 92.9 cm³/mol. The Morgan fingerprint density at radius 2 is 1.87 bits per heavy atom. The van der Waals surface area contributed by atoms with Crippen molar-refractivity contribution >= 4 is 39.2 Å². The number of amides is 1. The summed E-state index contributed by atoms with van der Waals surface area (Å²) in [6.45, 7) is 1.11. The third-order valence-corrected chi connectivity index (χ3v) is 4.52. The van der Waals surface area contributed by atoms with E-state index >= 15 is 0 Å². The van der Waals surface area contributed by atoms with Gasteiger partial charge in [-0.2, -0.15) is 0 Å². The molecule has 0 saturated heterocycles. The molecule has 0 aliphatic carbocycles. The minimum Gasteiger partial charge on any atom is -0.486 e. The summed E-state index contributed by atoms with van der Waals surface area (Å²) in [6.07, 6.45) is 1.90. The number of anilines is 1. The highest BCUT2D eigenvalue weighted by Crippen LogP contribution is 2.39. The Morgan fingerprint density at radius 3 is 2.70 bits per heavy atom. The summed E-state index contributed by atoms with van der Waals surface area (Å²) < 4.78 is 12.1. The second-order valence-electron chi connectivity index (χ2n) is 5.49. The molecule has 2 aromatic carbocycles. The molecule has 4 rings (SSSR count). The molecule has 5 heteroatoms. The van der Waals surface area contributed by atoms with Crippen LogP contribution in [0, 0.1) is 0 Å². The average Bonchev–Trinajstić information content (AvgIpc) is 2.79. The molecule has 1 amide bonds. The molecule has 0 N–H and O–H groups in total. The quantitative estimate of drug-likeness (QED) is 0.716. The van der Waals surface area contributed by atoms with Gasteiger partial charge in [0.15, 0.2) is 11.5 Å². The second kappa shape index (κ2) is 5.42. The number of halogens is 1. The molecule has 0 unspecified atom stereocenters. The maximum Gasteiger partial charge on any atom is 0.258 e. The van der Waals surface area contributed by atoms with Crippen molar-refractivity contribution in [3.63, 3.8) is 0 Å². The minimum atomic E-state index is -0.00649.